The Kier molecular flexibility index (Phi) is 12.4. The van der Waals surface area contributed by atoms with Crippen molar-refractivity contribution in [1.82, 2.24) is 26.3 Å². The van der Waals surface area contributed by atoms with Crippen LogP contribution in [0.15, 0.2) is 54.6 Å². The molecule has 6 amide bonds. The number of aromatic nitrogens is 1. The van der Waals surface area contributed by atoms with Gasteiger partial charge in [-0.1, -0.05) is 82.6 Å². The summed E-state index contributed by atoms with van der Waals surface area (Å²) in [7, 11) is 0. The average molecular weight is 688 g/mol. The number of benzene rings is 2. The van der Waals surface area contributed by atoms with Crippen molar-refractivity contribution in [2.75, 3.05) is 0 Å². The molecule has 0 saturated heterocycles. The third kappa shape index (κ3) is 9.07. The van der Waals surface area contributed by atoms with Crippen molar-refractivity contribution < 1.29 is 28.8 Å². The number of fused-ring (bicyclic) bond motifs is 3. The lowest BCUT2D eigenvalue weighted by molar-refractivity contribution is -0.139. The predicted octanol–water partition coefficient (Wildman–Crippen LogP) is 1.66. The molecule has 50 heavy (non-hydrogen) atoms. The Morgan fingerprint density at radius 3 is 2.18 bits per heavy atom. The highest BCUT2D eigenvalue weighted by atomic mass is 16.2. The zero-order chi connectivity index (χ0) is 36.6. The van der Waals surface area contributed by atoms with Gasteiger partial charge in [-0.25, -0.2) is 0 Å². The first-order valence-corrected chi connectivity index (χ1v) is 17.2. The maximum Gasteiger partial charge on any atom is 0.246 e. The summed E-state index contributed by atoms with van der Waals surface area (Å²) in [5.74, 6) is -4.62. The second-order valence-corrected chi connectivity index (χ2v) is 13.6. The van der Waals surface area contributed by atoms with E-state index in [1.165, 1.54) is 0 Å². The molecule has 9 N–H and O–H groups in total. The molecule has 1 heterocycles. The number of para-hydroxylation sites is 1. The lowest BCUT2D eigenvalue weighted by Crippen LogP contribution is -2.67. The van der Waals surface area contributed by atoms with E-state index >= 15 is 0 Å². The Morgan fingerprint density at radius 2 is 1.54 bits per heavy atom. The number of hydrogen-bond donors (Lipinski definition) is 7. The van der Waals surface area contributed by atoms with Gasteiger partial charge in [-0.3, -0.25) is 28.8 Å². The highest BCUT2D eigenvalue weighted by Gasteiger charge is 2.46. The summed E-state index contributed by atoms with van der Waals surface area (Å²) in [6, 6.07) is 13.8. The molecule has 0 aliphatic heterocycles. The molecule has 5 atom stereocenters. The third-order valence-electron chi connectivity index (χ3n) is 9.58. The molecule has 0 radical (unpaired) electrons. The zero-order valence-electron chi connectivity index (χ0n) is 29.1. The van der Waals surface area contributed by atoms with E-state index in [0.717, 1.165) is 27.7 Å². The summed E-state index contributed by atoms with van der Waals surface area (Å²) < 4.78 is 0. The van der Waals surface area contributed by atoms with Gasteiger partial charge in [0.05, 0.1) is 6.42 Å². The monoisotopic (exact) mass is 687 g/mol. The van der Waals surface area contributed by atoms with Gasteiger partial charge in [0, 0.05) is 29.4 Å². The average Bonchev–Trinajstić information content (AvgIpc) is 3.45. The highest BCUT2D eigenvalue weighted by molar-refractivity contribution is 5.99. The van der Waals surface area contributed by atoms with E-state index in [2.05, 4.69) is 26.3 Å². The molecule has 0 bridgehead atoms. The predicted molar refractivity (Wildman–Crippen MR) is 189 cm³/mol. The van der Waals surface area contributed by atoms with Crippen LogP contribution in [0, 0.1) is 11.8 Å². The van der Waals surface area contributed by atoms with Crippen LogP contribution in [0.2, 0.25) is 0 Å². The van der Waals surface area contributed by atoms with Gasteiger partial charge in [-0.05, 0) is 48.3 Å². The van der Waals surface area contributed by atoms with Gasteiger partial charge in [-0.15, -0.1) is 0 Å². The Labute approximate surface area is 292 Å². The van der Waals surface area contributed by atoms with Gasteiger partial charge in [0.25, 0.3) is 0 Å². The van der Waals surface area contributed by atoms with Crippen LogP contribution in [0.5, 0.6) is 0 Å². The number of nitrogens with one attached hydrogen (secondary N) is 5. The van der Waals surface area contributed by atoms with E-state index in [4.69, 9.17) is 11.5 Å². The molecule has 3 aromatic rings. The third-order valence-corrected chi connectivity index (χ3v) is 9.58. The molecule has 13 nitrogen and oxygen atoms in total. The van der Waals surface area contributed by atoms with Crippen molar-refractivity contribution in [2.24, 2.45) is 23.3 Å². The summed E-state index contributed by atoms with van der Waals surface area (Å²) in [5.41, 5.74) is 12.9. The fraction of sp³-hybridized carbons (Fsp3) is 0.459. The van der Waals surface area contributed by atoms with Crippen molar-refractivity contribution in [2.45, 2.75) is 96.3 Å². The summed E-state index contributed by atoms with van der Waals surface area (Å²) in [6.07, 6.45) is 1.53. The van der Waals surface area contributed by atoms with Crippen molar-refractivity contribution >= 4 is 46.3 Å². The van der Waals surface area contributed by atoms with Crippen LogP contribution < -0.4 is 32.7 Å². The Hall–Kier alpha value is -5.20. The van der Waals surface area contributed by atoms with Gasteiger partial charge in [0.2, 0.25) is 35.4 Å². The molecular weight excluding hydrogens is 638 g/mol. The molecule has 1 aliphatic rings. The van der Waals surface area contributed by atoms with Crippen LogP contribution in [0.1, 0.15) is 70.2 Å². The fourth-order valence-corrected chi connectivity index (χ4v) is 6.42. The van der Waals surface area contributed by atoms with Crippen LogP contribution in [-0.4, -0.2) is 64.1 Å². The van der Waals surface area contributed by atoms with Crippen molar-refractivity contribution in [3.8, 4) is 0 Å². The number of rotatable bonds is 16. The lowest BCUT2D eigenvalue weighted by Gasteiger charge is -2.39. The lowest BCUT2D eigenvalue weighted by atomic mass is 9.78. The number of amides is 6. The Balaban J connectivity index is 1.63. The topological polar surface area (TPSA) is 218 Å². The van der Waals surface area contributed by atoms with Crippen LogP contribution in [0.3, 0.4) is 0 Å². The first kappa shape index (κ1) is 37.6. The second-order valence-electron chi connectivity index (χ2n) is 13.6. The molecule has 0 spiro atoms. The smallest absolute Gasteiger partial charge is 0.246 e. The maximum absolute atomic E-state index is 14.5. The second kappa shape index (κ2) is 16.5. The fourth-order valence-electron chi connectivity index (χ4n) is 6.42. The number of primary amides is 2. The summed E-state index contributed by atoms with van der Waals surface area (Å²) in [5, 5.41) is 12.1. The molecule has 1 aromatic heterocycles. The maximum atomic E-state index is 14.5. The van der Waals surface area contributed by atoms with E-state index in [0.29, 0.717) is 19.3 Å². The van der Waals surface area contributed by atoms with Crippen molar-refractivity contribution in [1.29, 1.82) is 0 Å². The van der Waals surface area contributed by atoms with E-state index in [1.54, 1.807) is 13.8 Å². The molecule has 13 heteroatoms. The molecule has 268 valence electrons. The summed E-state index contributed by atoms with van der Waals surface area (Å²) in [6.45, 7) is 7.22. The van der Waals surface area contributed by atoms with Gasteiger partial charge < -0.3 is 37.7 Å². The number of H-pyrrole nitrogens is 1. The molecule has 1 aliphatic carbocycles. The number of aromatic amines is 1. The normalized spacial score (nSPS) is 17.9. The molecule has 0 saturated carbocycles. The number of nitrogens with two attached hydrogens (primary N) is 2. The largest absolute Gasteiger partial charge is 0.370 e. The van der Waals surface area contributed by atoms with E-state index < -0.39 is 65.5 Å². The van der Waals surface area contributed by atoms with E-state index in [9.17, 15) is 28.8 Å². The first-order valence-electron chi connectivity index (χ1n) is 17.2. The number of carbonyl (C=O) groups excluding carboxylic acids is 6. The zero-order valence-corrected chi connectivity index (χ0v) is 29.1. The quantitative estimate of drug-likeness (QED) is 0.119. The van der Waals surface area contributed by atoms with Crippen LogP contribution in [-0.2, 0) is 48.0 Å². The van der Waals surface area contributed by atoms with E-state index in [-0.39, 0.29) is 31.1 Å². The number of aryl methyl sites for hydroxylation is 2. The highest BCUT2D eigenvalue weighted by Crippen LogP contribution is 2.35. The van der Waals surface area contributed by atoms with Gasteiger partial charge in [0.1, 0.15) is 23.7 Å². The molecule has 4 rings (SSSR count). The number of carbonyl (C=O) groups is 6. The minimum atomic E-state index is -1.50. The van der Waals surface area contributed by atoms with Crippen LogP contribution in [0.4, 0.5) is 0 Å². The van der Waals surface area contributed by atoms with Gasteiger partial charge >= 0.3 is 0 Å². The van der Waals surface area contributed by atoms with E-state index in [1.807, 2.05) is 68.4 Å². The molecule has 2 aromatic carbocycles. The SMILES string of the molecule is CC[C@H](C)[C@H](NC(=O)CCc1ccccc1)C(=O)N[C@@]1(C(=O)N[C@H](C(=O)N[C@@H](CC(N)=O)C(N)=O)C(C)C)CCc2[nH]c3ccccc3c2C1. The summed E-state index contributed by atoms with van der Waals surface area (Å²) in [4.78, 5) is 82.3. The Morgan fingerprint density at radius 1 is 0.860 bits per heavy atom. The van der Waals surface area contributed by atoms with Crippen molar-refractivity contribution in [3.05, 3.63) is 71.4 Å². The van der Waals surface area contributed by atoms with Crippen molar-refractivity contribution in [3.63, 3.8) is 0 Å². The molecular formula is C37H49N7O6. The van der Waals surface area contributed by atoms with Crippen LogP contribution in [0.25, 0.3) is 10.9 Å². The van der Waals surface area contributed by atoms with Gasteiger partial charge in [0.15, 0.2) is 0 Å². The minimum absolute atomic E-state index is 0.122. The minimum Gasteiger partial charge on any atom is -0.370 e. The molecule has 0 fully saturated rings. The van der Waals surface area contributed by atoms with Crippen LogP contribution >= 0.6 is 0 Å². The van der Waals surface area contributed by atoms with Gasteiger partial charge in [-0.2, -0.15) is 0 Å². The Bertz CT molecular complexity index is 1720. The molecule has 0 unspecified atom stereocenters. The summed E-state index contributed by atoms with van der Waals surface area (Å²) >= 11 is 0. The standard InChI is InChI=1S/C37H49N7O6/c1-5-22(4)32(42-30(46)16-15-23-11-7-6-8-12-23)35(49)44-37(18-17-27-25(20-37)24-13-9-10-14-26(24)40-27)36(50)43-31(21(2)3)34(48)41-28(33(39)47)19-29(38)45/h6-14,21-22,28,31-32,40H,5,15-20H2,1-4H3,(H2,38,45)(H2,39,47)(H,41,48)(H,42,46)(H,43,50)(H,44,49)/t22-,28-,31-,32-,37-/m0/s1. The number of hydrogen-bond acceptors (Lipinski definition) is 6. The first-order chi connectivity index (χ1) is 23.7.